The van der Waals surface area contributed by atoms with Crippen molar-refractivity contribution in [3.05, 3.63) is 60.1 Å². The van der Waals surface area contributed by atoms with Gasteiger partial charge in [0.05, 0.1) is 12.2 Å². The second-order valence-corrected chi connectivity index (χ2v) is 5.53. The number of aryl methyl sites for hydroxylation is 1. The molecule has 0 fully saturated rings. The number of amides is 2. The number of nitrogens with zero attached hydrogens (tertiary/aromatic N) is 4. The quantitative estimate of drug-likeness (QED) is 0.766. The van der Waals surface area contributed by atoms with Crippen LogP contribution in [0.1, 0.15) is 16.1 Å². The Hall–Kier alpha value is -3.42. The maximum absolute atomic E-state index is 12.4. The van der Waals surface area contributed by atoms with Gasteiger partial charge in [-0.3, -0.25) is 9.59 Å². The number of benzene rings is 1. The molecule has 3 aromatic rings. The van der Waals surface area contributed by atoms with Gasteiger partial charge in [-0.15, -0.1) is 0 Å². The highest BCUT2D eigenvalue weighted by molar-refractivity contribution is 5.99. The van der Waals surface area contributed by atoms with E-state index in [1.54, 1.807) is 55.2 Å². The van der Waals surface area contributed by atoms with Crippen LogP contribution >= 0.6 is 0 Å². The number of hydrogen-bond donors (Lipinski definition) is 1. The number of nitrogens with one attached hydrogen (secondary N) is 1. The van der Waals surface area contributed by atoms with E-state index >= 15 is 0 Å². The van der Waals surface area contributed by atoms with Crippen molar-refractivity contribution in [2.75, 3.05) is 18.9 Å². The number of aromatic nitrogens is 3. The number of anilines is 1. The molecule has 0 aliphatic heterocycles. The van der Waals surface area contributed by atoms with Gasteiger partial charge in [0.25, 0.3) is 5.91 Å². The van der Waals surface area contributed by atoms with Gasteiger partial charge in [0, 0.05) is 31.1 Å². The molecule has 0 spiro atoms. The molecule has 0 radical (unpaired) electrons. The molecule has 1 N–H and O–H groups in total. The van der Waals surface area contributed by atoms with Crippen LogP contribution < -0.4 is 5.32 Å². The van der Waals surface area contributed by atoms with E-state index in [1.807, 2.05) is 12.3 Å². The molecule has 2 amide bonds. The van der Waals surface area contributed by atoms with E-state index in [2.05, 4.69) is 15.6 Å². The van der Waals surface area contributed by atoms with Crippen molar-refractivity contribution >= 4 is 17.6 Å². The molecule has 0 saturated heterocycles. The van der Waals surface area contributed by atoms with Crippen molar-refractivity contribution in [1.82, 2.24) is 19.8 Å². The third-order valence-electron chi connectivity index (χ3n) is 3.51. The maximum Gasteiger partial charge on any atom is 0.254 e. The Morgan fingerprint density at radius 3 is 2.64 bits per heavy atom. The fourth-order valence-corrected chi connectivity index (χ4v) is 2.29. The van der Waals surface area contributed by atoms with Crippen molar-refractivity contribution in [3.63, 3.8) is 0 Å². The molecule has 0 bridgehead atoms. The van der Waals surface area contributed by atoms with Gasteiger partial charge in [-0.1, -0.05) is 5.16 Å². The summed E-state index contributed by atoms with van der Waals surface area (Å²) in [7, 11) is 1.57. The largest absolute Gasteiger partial charge is 0.360 e. The Morgan fingerprint density at radius 2 is 2.04 bits per heavy atom. The summed E-state index contributed by atoms with van der Waals surface area (Å²) < 4.78 is 6.58. The average Bonchev–Trinajstić information content (AvgIpc) is 3.26. The summed E-state index contributed by atoms with van der Waals surface area (Å²) in [6.07, 6.45) is 3.50. The minimum absolute atomic E-state index is 0.0916. The van der Waals surface area contributed by atoms with Gasteiger partial charge in [-0.2, -0.15) is 5.10 Å². The van der Waals surface area contributed by atoms with Crippen molar-refractivity contribution in [2.45, 2.75) is 6.92 Å². The number of rotatable bonds is 5. The van der Waals surface area contributed by atoms with Crippen LogP contribution in [0.3, 0.4) is 0 Å². The number of hydrogen-bond acceptors (Lipinski definition) is 5. The number of carbonyl (C=O) groups excluding carboxylic acids is 2. The molecule has 128 valence electrons. The van der Waals surface area contributed by atoms with Gasteiger partial charge in [0.1, 0.15) is 5.76 Å². The molecule has 2 heterocycles. The zero-order chi connectivity index (χ0) is 17.8. The second kappa shape index (κ2) is 7.00. The molecule has 3 rings (SSSR count). The first-order chi connectivity index (χ1) is 12.0. The minimum Gasteiger partial charge on any atom is -0.360 e. The predicted molar refractivity (Wildman–Crippen MR) is 90.4 cm³/mol. The van der Waals surface area contributed by atoms with Crippen LogP contribution in [0.5, 0.6) is 0 Å². The average molecular weight is 339 g/mol. The minimum atomic E-state index is -0.350. The third-order valence-corrected chi connectivity index (χ3v) is 3.51. The van der Waals surface area contributed by atoms with Crippen LogP contribution in [-0.4, -0.2) is 45.2 Å². The Labute approximate surface area is 144 Å². The molecule has 0 saturated carbocycles. The number of likely N-dealkylation sites (N-methyl/N-ethyl adjacent to an activating group) is 1. The zero-order valence-corrected chi connectivity index (χ0v) is 13.8. The molecule has 25 heavy (non-hydrogen) atoms. The summed E-state index contributed by atoms with van der Waals surface area (Å²) >= 11 is 0. The monoisotopic (exact) mass is 339 g/mol. The molecule has 0 aliphatic carbocycles. The molecule has 8 nitrogen and oxygen atoms in total. The third kappa shape index (κ3) is 3.92. The van der Waals surface area contributed by atoms with Gasteiger partial charge in [0.2, 0.25) is 5.91 Å². The van der Waals surface area contributed by atoms with E-state index in [0.717, 1.165) is 5.69 Å². The first-order valence-electron chi connectivity index (χ1n) is 7.61. The summed E-state index contributed by atoms with van der Waals surface area (Å²) in [4.78, 5) is 25.7. The lowest BCUT2D eigenvalue weighted by atomic mass is 10.2. The van der Waals surface area contributed by atoms with Crippen LogP contribution in [-0.2, 0) is 4.79 Å². The van der Waals surface area contributed by atoms with Gasteiger partial charge in [0.15, 0.2) is 5.82 Å². The molecule has 0 unspecified atom stereocenters. The van der Waals surface area contributed by atoms with Gasteiger partial charge >= 0.3 is 0 Å². The van der Waals surface area contributed by atoms with Crippen molar-refractivity contribution < 1.29 is 14.1 Å². The first kappa shape index (κ1) is 16.4. The fourth-order valence-electron chi connectivity index (χ4n) is 2.29. The van der Waals surface area contributed by atoms with Crippen LogP contribution in [0.2, 0.25) is 0 Å². The lowest BCUT2D eigenvalue weighted by Gasteiger charge is -2.16. The summed E-state index contributed by atoms with van der Waals surface area (Å²) in [5.74, 6) is 0.319. The van der Waals surface area contributed by atoms with Crippen molar-refractivity contribution in [1.29, 1.82) is 0 Å². The van der Waals surface area contributed by atoms with Crippen LogP contribution in [0.15, 0.2) is 53.3 Å². The predicted octanol–water partition coefficient (Wildman–Crippen LogP) is 1.88. The highest BCUT2D eigenvalue weighted by Gasteiger charge is 2.16. The fraction of sp³-hybridized carbons (Fsp3) is 0.176. The Morgan fingerprint density at radius 1 is 1.28 bits per heavy atom. The molecule has 8 heteroatoms. The lowest BCUT2D eigenvalue weighted by Crippen LogP contribution is -2.35. The molecule has 0 aliphatic rings. The maximum atomic E-state index is 12.4. The Bertz CT molecular complexity index is 868. The molecular formula is C17H17N5O3. The molecule has 0 atom stereocenters. The topological polar surface area (TPSA) is 93.3 Å². The zero-order valence-electron chi connectivity index (χ0n) is 13.8. The van der Waals surface area contributed by atoms with E-state index in [0.29, 0.717) is 17.1 Å². The summed E-state index contributed by atoms with van der Waals surface area (Å²) in [5, 5.41) is 10.4. The molecule has 1 aromatic carbocycles. The van der Waals surface area contributed by atoms with Gasteiger partial charge in [-0.25, -0.2) is 4.68 Å². The van der Waals surface area contributed by atoms with E-state index in [-0.39, 0.29) is 18.4 Å². The van der Waals surface area contributed by atoms with Crippen LogP contribution in [0.4, 0.5) is 5.82 Å². The van der Waals surface area contributed by atoms with Crippen molar-refractivity contribution in [3.8, 4) is 5.69 Å². The summed E-state index contributed by atoms with van der Waals surface area (Å²) in [6, 6.07) is 10.4. The lowest BCUT2D eigenvalue weighted by molar-refractivity contribution is -0.116. The Balaban J connectivity index is 1.60. The van der Waals surface area contributed by atoms with E-state index in [4.69, 9.17) is 4.52 Å². The second-order valence-electron chi connectivity index (χ2n) is 5.53. The molecule has 2 aromatic heterocycles. The van der Waals surface area contributed by atoms with E-state index in [1.165, 1.54) is 4.90 Å². The normalized spacial score (nSPS) is 10.5. The van der Waals surface area contributed by atoms with Crippen molar-refractivity contribution in [2.24, 2.45) is 0 Å². The highest BCUT2D eigenvalue weighted by Crippen LogP contribution is 2.11. The first-order valence-corrected chi connectivity index (χ1v) is 7.61. The standard InChI is InChI=1S/C17H17N5O3/c1-12-10-15(20-25-12)19-16(23)11-21(2)17(24)13-4-6-14(7-5-13)22-9-3-8-18-22/h3-10H,11H2,1-2H3,(H,19,20,23). The highest BCUT2D eigenvalue weighted by atomic mass is 16.5. The Kier molecular flexibility index (Phi) is 4.60. The number of carbonyl (C=O) groups is 2. The summed E-state index contributed by atoms with van der Waals surface area (Å²) in [6.45, 7) is 1.64. The van der Waals surface area contributed by atoms with Crippen LogP contribution in [0.25, 0.3) is 5.69 Å². The van der Waals surface area contributed by atoms with Crippen LogP contribution in [0, 0.1) is 6.92 Å². The summed E-state index contributed by atoms with van der Waals surface area (Å²) in [5.41, 5.74) is 1.34. The SMILES string of the molecule is Cc1cc(NC(=O)CN(C)C(=O)c2ccc(-n3cccn3)cc2)no1. The van der Waals surface area contributed by atoms with Gasteiger partial charge in [-0.05, 0) is 37.3 Å². The van der Waals surface area contributed by atoms with Gasteiger partial charge < -0.3 is 14.7 Å². The molecular weight excluding hydrogens is 322 g/mol. The van der Waals surface area contributed by atoms with E-state index < -0.39 is 0 Å². The van der Waals surface area contributed by atoms with E-state index in [9.17, 15) is 9.59 Å². The smallest absolute Gasteiger partial charge is 0.254 e.